The van der Waals surface area contributed by atoms with Gasteiger partial charge in [0.2, 0.25) is 11.9 Å². The highest BCUT2D eigenvalue weighted by Gasteiger charge is 2.43. The van der Waals surface area contributed by atoms with Gasteiger partial charge < -0.3 is 25.4 Å². The fraction of sp³-hybridized carbons (Fsp3) is 0.333. The molecule has 0 spiro atoms. The van der Waals surface area contributed by atoms with E-state index in [-0.39, 0.29) is 17.8 Å². The summed E-state index contributed by atoms with van der Waals surface area (Å²) in [7, 11) is 0. The number of hydrogen-bond donors (Lipinski definition) is 6. The maximum absolute atomic E-state index is 11.9. The van der Waals surface area contributed by atoms with Gasteiger partial charge in [-0.25, -0.2) is 10.8 Å². The van der Waals surface area contributed by atoms with E-state index in [2.05, 4.69) is 55.3 Å². The van der Waals surface area contributed by atoms with Gasteiger partial charge >= 0.3 is 0 Å². The number of amides is 1. The first-order chi connectivity index (χ1) is 18.5. The number of benzene rings is 2. The molecule has 1 aliphatic rings. The van der Waals surface area contributed by atoms with E-state index in [1.54, 1.807) is 17.8 Å². The van der Waals surface area contributed by atoms with E-state index >= 15 is 0 Å². The van der Waals surface area contributed by atoms with Crippen molar-refractivity contribution in [3.05, 3.63) is 78.1 Å². The first-order valence-electron chi connectivity index (χ1n) is 12.7. The molecular weight excluding hydrogens is 484 g/mol. The van der Waals surface area contributed by atoms with Crippen LogP contribution in [0.25, 0.3) is 11.2 Å². The summed E-state index contributed by atoms with van der Waals surface area (Å²) in [6, 6.07) is 19.3. The Balaban J connectivity index is 1.46. The van der Waals surface area contributed by atoms with Crippen molar-refractivity contribution in [3.8, 4) is 0 Å². The number of nitrogens with two attached hydrogens (primary N) is 1. The van der Waals surface area contributed by atoms with Crippen LogP contribution in [0.1, 0.15) is 42.9 Å². The number of aliphatic hydroxyl groups is 2. The molecule has 1 fully saturated rings. The maximum atomic E-state index is 11.9. The van der Waals surface area contributed by atoms with Gasteiger partial charge in [-0.1, -0.05) is 67.6 Å². The Kier molecular flexibility index (Phi) is 7.50. The smallest absolute Gasteiger partial charge is 0.241 e. The first-order valence-corrected chi connectivity index (χ1v) is 12.7. The largest absolute Gasteiger partial charge is 0.388 e. The van der Waals surface area contributed by atoms with E-state index in [1.807, 2.05) is 36.4 Å². The van der Waals surface area contributed by atoms with Crippen LogP contribution in [-0.4, -0.2) is 60.4 Å². The number of carbonyl (C=O) groups excluding carboxylic acids is 1. The summed E-state index contributed by atoms with van der Waals surface area (Å²) in [5.41, 5.74) is 5.77. The van der Waals surface area contributed by atoms with Gasteiger partial charge in [-0.2, -0.15) is 9.97 Å². The fourth-order valence-electron chi connectivity index (χ4n) is 5.08. The zero-order valence-electron chi connectivity index (χ0n) is 21.0. The average Bonchev–Trinajstić information content (AvgIpc) is 3.50. The molecule has 0 bridgehead atoms. The Labute approximate surface area is 220 Å². The van der Waals surface area contributed by atoms with Gasteiger partial charge in [0.15, 0.2) is 17.0 Å². The van der Waals surface area contributed by atoms with Crippen LogP contribution >= 0.6 is 0 Å². The Morgan fingerprint density at radius 3 is 2.32 bits per heavy atom. The van der Waals surface area contributed by atoms with Crippen LogP contribution in [0.4, 0.5) is 11.8 Å². The van der Waals surface area contributed by atoms with Gasteiger partial charge in [0, 0.05) is 18.9 Å². The Hall–Kier alpha value is -4.06. The zero-order valence-corrected chi connectivity index (χ0v) is 21.0. The third-order valence-corrected chi connectivity index (χ3v) is 7.10. The number of hydrogen-bond acceptors (Lipinski definition) is 9. The second-order valence-corrected chi connectivity index (χ2v) is 9.43. The summed E-state index contributed by atoms with van der Waals surface area (Å²) in [4.78, 5) is 25.5. The molecule has 0 radical (unpaired) electrons. The number of aromatic nitrogens is 4. The van der Waals surface area contributed by atoms with Crippen molar-refractivity contribution < 1.29 is 15.0 Å². The molecule has 2 aromatic carbocycles. The van der Waals surface area contributed by atoms with Gasteiger partial charge in [-0.15, -0.1) is 0 Å². The average molecular weight is 517 g/mol. The number of fused-ring (bicyclic) bond motifs is 1. The number of hydrazine groups is 1. The number of rotatable bonds is 9. The molecule has 4 aromatic rings. The van der Waals surface area contributed by atoms with Gasteiger partial charge in [0.05, 0.1) is 18.4 Å². The van der Waals surface area contributed by atoms with Crippen LogP contribution in [-0.2, 0) is 4.79 Å². The molecule has 4 unspecified atom stereocenters. The maximum Gasteiger partial charge on any atom is 0.241 e. The van der Waals surface area contributed by atoms with Crippen LogP contribution < -0.4 is 21.9 Å². The standard InChI is InChI=1S/C27H32N8O3/c1-2-21(36)31-19-13-20(24(38)23(19)37)35-15-30-22-25(32-27(34-28)33-26(22)35)29-14-18(16-9-5-3-6-10-16)17-11-7-4-8-12-17/h3-12,15,18-20,23-24,37-38H,2,13-14,28H2,1H3,(H,31,36)(H2,29,32,33,34). The van der Waals surface area contributed by atoms with Crippen LogP contribution in [0.3, 0.4) is 0 Å². The second-order valence-electron chi connectivity index (χ2n) is 9.43. The fourth-order valence-corrected chi connectivity index (χ4v) is 5.08. The minimum atomic E-state index is -1.12. The molecule has 38 heavy (non-hydrogen) atoms. The number of carbonyl (C=O) groups is 1. The number of nitrogens with one attached hydrogen (secondary N) is 3. The highest BCUT2D eigenvalue weighted by Crippen LogP contribution is 2.35. The second kappa shape index (κ2) is 11.1. The molecule has 4 atom stereocenters. The third kappa shape index (κ3) is 5.03. The zero-order chi connectivity index (χ0) is 26.6. The quantitative estimate of drug-likeness (QED) is 0.144. The highest BCUT2D eigenvalue weighted by atomic mass is 16.3. The minimum absolute atomic E-state index is 0.0496. The summed E-state index contributed by atoms with van der Waals surface area (Å²) in [6.07, 6.45) is -0.0466. The van der Waals surface area contributed by atoms with E-state index in [0.29, 0.717) is 36.4 Å². The summed E-state index contributed by atoms with van der Waals surface area (Å²) < 4.78 is 1.71. The van der Waals surface area contributed by atoms with Crippen molar-refractivity contribution in [2.24, 2.45) is 5.84 Å². The molecule has 5 rings (SSSR count). The lowest BCUT2D eigenvalue weighted by molar-refractivity contribution is -0.122. The highest BCUT2D eigenvalue weighted by molar-refractivity contribution is 5.84. The van der Waals surface area contributed by atoms with Gasteiger partial charge in [-0.3, -0.25) is 10.2 Å². The number of aliphatic hydroxyl groups excluding tert-OH is 2. The van der Waals surface area contributed by atoms with E-state index in [4.69, 9.17) is 5.84 Å². The number of nitrogens with zero attached hydrogens (tertiary/aromatic N) is 4. The van der Waals surface area contributed by atoms with Crippen molar-refractivity contribution in [2.75, 3.05) is 17.3 Å². The number of nitrogen functional groups attached to an aromatic ring is 1. The molecule has 11 nitrogen and oxygen atoms in total. The van der Waals surface area contributed by atoms with Crippen molar-refractivity contribution in [1.82, 2.24) is 24.8 Å². The molecular formula is C27H32N8O3. The van der Waals surface area contributed by atoms with E-state index in [1.165, 1.54) is 0 Å². The lowest BCUT2D eigenvalue weighted by atomic mass is 9.91. The Bertz CT molecular complexity index is 1340. The monoisotopic (exact) mass is 516 g/mol. The molecule has 2 aromatic heterocycles. The normalized spacial score (nSPS) is 21.1. The summed E-state index contributed by atoms with van der Waals surface area (Å²) in [5.74, 6) is 6.22. The number of imidazole rings is 1. The molecule has 198 valence electrons. The van der Waals surface area contributed by atoms with Crippen molar-refractivity contribution in [3.63, 3.8) is 0 Å². The topological polar surface area (TPSA) is 163 Å². The molecule has 0 aliphatic heterocycles. The van der Waals surface area contributed by atoms with Gasteiger partial charge in [-0.05, 0) is 17.5 Å². The number of anilines is 2. The van der Waals surface area contributed by atoms with Crippen LogP contribution in [0.2, 0.25) is 0 Å². The van der Waals surface area contributed by atoms with E-state index in [9.17, 15) is 15.0 Å². The van der Waals surface area contributed by atoms with Crippen molar-refractivity contribution in [1.29, 1.82) is 0 Å². The molecule has 1 saturated carbocycles. The van der Waals surface area contributed by atoms with E-state index in [0.717, 1.165) is 11.1 Å². The van der Waals surface area contributed by atoms with E-state index < -0.39 is 24.3 Å². The van der Waals surface area contributed by atoms with Crippen LogP contribution in [0.5, 0.6) is 0 Å². The molecule has 0 saturated heterocycles. The van der Waals surface area contributed by atoms with Crippen molar-refractivity contribution in [2.45, 2.75) is 50.0 Å². The third-order valence-electron chi connectivity index (χ3n) is 7.10. The Morgan fingerprint density at radius 1 is 1.05 bits per heavy atom. The van der Waals surface area contributed by atoms with Gasteiger partial charge in [0.1, 0.15) is 12.2 Å². The summed E-state index contributed by atoms with van der Waals surface area (Å²) in [6.45, 7) is 2.27. The van der Waals surface area contributed by atoms with Crippen LogP contribution in [0.15, 0.2) is 67.0 Å². The van der Waals surface area contributed by atoms with Gasteiger partial charge in [0.25, 0.3) is 0 Å². The molecule has 11 heteroatoms. The summed E-state index contributed by atoms with van der Waals surface area (Å²) in [5, 5.41) is 27.6. The predicted molar refractivity (Wildman–Crippen MR) is 144 cm³/mol. The molecule has 2 heterocycles. The van der Waals surface area contributed by atoms with Crippen LogP contribution in [0, 0.1) is 0 Å². The lowest BCUT2D eigenvalue weighted by Gasteiger charge is -2.20. The van der Waals surface area contributed by atoms with Crippen molar-refractivity contribution >= 4 is 28.8 Å². The SMILES string of the molecule is CCC(=O)NC1CC(n2cnc3c(NCC(c4ccccc4)c4ccccc4)nc(NN)nc32)C(O)C1O. The lowest BCUT2D eigenvalue weighted by Crippen LogP contribution is -2.42. The Morgan fingerprint density at radius 2 is 1.71 bits per heavy atom. The molecule has 7 N–H and O–H groups in total. The first kappa shape index (κ1) is 25.6. The predicted octanol–water partition coefficient (Wildman–Crippen LogP) is 1.92. The summed E-state index contributed by atoms with van der Waals surface area (Å²) >= 11 is 0. The molecule has 1 aliphatic carbocycles. The minimum Gasteiger partial charge on any atom is -0.388 e. The molecule has 1 amide bonds.